The number of hydrogen-bond donors (Lipinski definition) is 4. The number of benzene rings is 4. The SMILES string of the molecule is CC(C)C[C@H](NC(=O)c1cccc(N(C)S(=O)(=O)c2cccc3ccccc23)c1)[C@@H](O)C[C@@H](C)C(=O)N[C@@H](C)C(=O)NCc1ccccc1. The number of aliphatic hydroxyl groups is 1. The smallest absolute Gasteiger partial charge is 0.264 e. The van der Waals surface area contributed by atoms with Crippen LogP contribution in [0.2, 0.25) is 0 Å². The highest BCUT2D eigenvalue weighted by Crippen LogP contribution is 2.28. The first-order valence-corrected chi connectivity index (χ1v) is 17.9. The molecule has 0 aromatic heterocycles. The molecule has 49 heavy (non-hydrogen) atoms. The van der Waals surface area contributed by atoms with Crippen molar-refractivity contribution in [2.75, 3.05) is 11.4 Å². The monoisotopic (exact) mass is 686 g/mol. The number of carbonyl (C=O) groups is 3. The molecule has 0 heterocycles. The zero-order valence-electron chi connectivity index (χ0n) is 28.6. The third-order valence-corrected chi connectivity index (χ3v) is 10.3. The summed E-state index contributed by atoms with van der Waals surface area (Å²) in [6.07, 6.45) is -0.574. The Balaban J connectivity index is 1.40. The molecule has 3 amide bonds. The van der Waals surface area contributed by atoms with E-state index in [1.165, 1.54) is 13.1 Å². The van der Waals surface area contributed by atoms with Crippen LogP contribution in [-0.4, -0.2) is 56.5 Å². The van der Waals surface area contributed by atoms with Gasteiger partial charge in [-0.15, -0.1) is 0 Å². The van der Waals surface area contributed by atoms with Crippen molar-refractivity contribution in [1.29, 1.82) is 0 Å². The van der Waals surface area contributed by atoms with E-state index in [1.807, 2.05) is 62.4 Å². The highest BCUT2D eigenvalue weighted by Gasteiger charge is 2.29. The highest BCUT2D eigenvalue weighted by molar-refractivity contribution is 7.93. The van der Waals surface area contributed by atoms with Crippen molar-refractivity contribution in [3.05, 3.63) is 108 Å². The standard InChI is InChI=1S/C38H46N4O6S/c1-25(2)21-33(34(43)22-26(3)36(44)40-27(4)37(45)39-24-28-13-7-6-8-14-28)41-38(46)30-17-11-18-31(23-30)42(5)49(47,48)35-20-12-16-29-15-9-10-19-32(29)35/h6-20,23,25-27,33-34,43H,21-22,24H2,1-5H3,(H,39,45)(H,40,44)(H,41,46)/t26-,27+,33+,34+/m1/s1. The second kappa shape index (κ2) is 16.6. The van der Waals surface area contributed by atoms with Gasteiger partial charge in [-0.05, 0) is 60.9 Å². The number of hydrogen-bond acceptors (Lipinski definition) is 6. The van der Waals surface area contributed by atoms with Gasteiger partial charge in [-0.25, -0.2) is 8.42 Å². The maximum absolute atomic E-state index is 13.7. The van der Waals surface area contributed by atoms with E-state index in [0.717, 1.165) is 15.3 Å². The van der Waals surface area contributed by atoms with Crippen LogP contribution in [0.25, 0.3) is 10.8 Å². The minimum Gasteiger partial charge on any atom is -0.391 e. The summed E-state index contributed by atoms with van der Waals surface area (Å²) in [6.45, 7) is 7.53. The zero-order valence-corrected chi connectivity index (χ0v) is 29.4. The Bertz CT molecular complexity index is 1860. The second-order valence-electron chi connectivity index (χ2n) is 12.8. The lowest BCUT2D eigenvalue weighted by Gasteiger charge is -2.28. The minimum absolute atomic E-state index is 0.0495. The van der Waals surface area contributed by atoms with Gasteiger partial charge in [0, 0.05) is 30.5 Å². The summed E-state index contributed by atoms with van der Waals surface area (Å²) in [5.41, 5.74) is 1.46. The molecule has 0 aliphatic heterocycles. The van der Waals surface area contributed by atoms with Gasteiger partial charge in [-0.2, -0.15) is 0 Å². The predicted octanol–water partition coefficient (Wildman–Crippen LogP) is 5.02. The van der Waals surface area contributed by atoms with Gasteiger partial charge in [0.2, 0.25) is 11.8 Å². The normalized spacial score (nSPS) is 14.0. The summed E-state index contributed by atoms with van der Waals surface area (Å²) in [6, 6.07) is 26.6. The van der Waals surface area contributed by atoms with E-state index in [4.69, 9.17) is 0 Å². The number of carbonyl (C=O) groups excluding carboxylic acids is 3. The third-order valence-electron chi connectivity index (χ3n) is 8.47. The molecule has 4 atom stereocenters. The third kappa shape index (κ3) is 9.67. The van der Waals surface area contributed by atoms with Crippen LogP contribution in [0.15, 0.2) is 102 Å². The van der Waals surface area contributed by atoms with Crippen molar-refractivity contribution in [3.63, 3.8) is 0 Å². The second-order valence-corrected chi connectivity index (χ2v) is 14.8. The first-order valence-electron chi connectivity index (χ1n) is 16.5. The van der Waals surface area contributed by atoms with Crippen molar-refractivity contribution >= 4 is 44.2 Å². The van der Waals surface area contributed by atoms with Crippen molar-refractivity contribution < 1.29 is 27.9 Å². The van der Waals surface area contributed by atoms with Crippen molar-refractivity contribution in [3.8, 4) is 0 Å². The van der Waals surface area contributed by atoms with Crippen LogP contribution in [0.1, 0.15) is 56.5 Å². The molecular weight excluding hydrogens is 641 g/mol. The lowest BCUT2D eigenvalue weighted by atomic mass is 9.92. The summed E-state index contributed by atoms with van der Waals surface area (Å²) in [7, 11) is -2.52. The van der Waals surface area contributed by atoms with Crippen molar-refractivity contribution in [1.82, 2.24) is 16.0 Å². The average Bonchev–Trinajstić information content (AvgIpc) is 3.09. The predicted molar refractivity (Wildman–Crippen MR) is 192 cm³/mol. The molecule has 0 fully saturated rings. The van der Waals surface area contributed by atoms with Crippen LogP contribution in [-0.2, 0) is 26.2 Å². The Kier molecular flexibility index (Phi) is 12.5. The summed E-state index contributed by atoms with van der Waals surface area (Å²) in [4.78, 5) is 39.2. The van der Waals surface area contributed by atoms with Crippen LogP contribution in [0, 0.1) is 11.8 Å². The number of sulfonamides is 1. The first kappa shape index (κ1) is 37.1. The Hall–Kier alpha value is -4.74. The molecule has 260 valence electrons. The Labute approximate surface area is 289 Å². The Morgan fingerprint density at radius 3 is 2.14 bits per heavy atom. The summed E-state index contributed by atoms with van der Waals surface area (Å²) in [5, 5.41) is 21.1. The average molecular weight is 687 g/mol. The molecule has 4 aromatic carbocycles. The molecule has 0 aliphatic rings. The van der Waals surface area contributed by atoms with Crippen LogP contribution in [0.4, 0.5) is 5.69 Å². The van der Waals surface area contributed by atoms with Crippen LogP contribution >= 0.6 is 0 Å². The molecule has 4 N–H and O–H groups in total. The number of fused-ring (bicyclic) bond motifs is 1. The molecule has 10 nitrogen and oxygen atoms in total. The van der Waals surface area contributed by atoms with E-state index in [-0.39, 0.29) is 34.6 Å². The van der Waals surface area contributed by atoms with E-state index in [0.29, 0.717) is 24.0 Å². The molecule has 0 bridgehead atoms. The highest BCUT2D eigenvalue weighted by atomic mass is 32.2. The van der Waals surface area contributed by atoms with E-state index in [1.54, 1.807) is 56.3 Å². The van der Waals surface area contributed by atoms with E-state index in [9.17, 15) is 27.9 Å². The minimum atomic E-state index is -3.97. The maximum atomic E-state index is 13.7. The zero-order chi connectivity index (χ0) is 35.7. The summed E-state index contributed by atoms with van der Waals surface area (Å²) < 4.78 is 28.6. The van der Waals surface area contributed by atoms with Gasteiger partial charge < -0.3 is 21.1 Å². The molecule has 11 heteroatoms. The molecule has 0 aliphatic carbocycles. The van der Waals surface area contributed by atoms with E-state index < -0.39 is 40.0 Å². The fourth-order valence-corrected chi connectivity index (χ4v) is 7.02. The number of nitrogens with one attached hydrogen (secondary N) is 3. The van der Waals surface area contributed by atoms with Gasteiger partial charge in [0.15, 0.2) is 0 Å². The Morgan fingerprint density at radius 1 is 0.776 bits per heavy atom. The Morgan fingerprint density at radius 2 is 1.43 bits per heavy atom. The summed E-state index contributed by atoms with van der Waals surface area (Å²) >= 11 is 0. The quantitative estimate of drug-likeness (QED) is 0.138. The van der Waals surface area contributed by atoms with Gasteiger partial charge >= 0.3 is 0 Å². The molecule has 4 aromatic rings. The van der Waals surface area contributed by atoms with Gasteiger partial charge in [0.1, 0.15) is 6.04 Å². The molecule has 0 unspecified atom stereocenters. The van der Waals surface area contributed by atoms with Crippen LogP contribution < -0.4 is 20.3 Å². The molecule has 4 rings (SSSR count). The maximum Gasteiger partial charge on any atom is 0.264 e. The van der Waals surface area contributed by atoms with Gasteiger partial charge in [-0.3, -0.25) is 18.7 Å². The lowest BCUT2D eigenvalue weighted by molar-refractivity contribution is -0.131. The van der Waals surface area contributed by atoms with E-state index in [2.05, 4.69) is 16.0 Å². The van der Waals surface area contributed by atoms with Crippen LogP contribution in [0.5, 0.6) is 0 Å². The number of nitrogens with zero attached hydrogens (tertiary/aromatic N) is 1. The molecular formula is C38H46N4O6S. The fraction of sp³-hybridized carbons (Fsp3) is 0.342. The van der Waals surface area contributed by atoms with Crippen molar-refractivity contribution in [2.24, 2.45) is 11.8 Å². The summed E-state index contributed by atoms with van der Waals surface area (Å²) in [5.74, 6) is -1.74. The van der Waals surface area contributed by atoms with Gasteiger partial charge in [0.25, 0.3) is 15.9 Å². The topological polar surface area (TPSA) is 145 Å². The number of aliphatic hydroxyl groups excluding tert-OH is 1. The van der Waals surface area contributed by atoms with E-state index >= 15 is 0 Å². The van der Waals surface area contributed by atoms with Crippen molar-refractivity contribution in [2.45, 2.75) is 70.2 Å². The van der Waals surface area contributed by atoms with Crippen LogP contribution in [0.3, 0.4) is 0 Å². The number of amides is 3. The molecule has 0 spiro atoms. The molecule has 0 saturated heterocycles. The lowest BCUT2D eigenvalue weighted by Crippen LogP contribution is -2.48. The number of rotatable bonds is 15. The van der Waals surface area contributed by atoms with Gasteiger partial charge in [0.05, 0.1) is 22.7 Å². The van der Waals surface area contributed by atoms with Gasteiger partial charge in [-0.1, -0.05) is 93.6 Å². The molecule has 0 saturated carbocycles. The largest absolute Gasteiger partial charge is 0.391 e. The molecule has 0 radical (unpaired) electrons. The first-order chi connectivity index (χ1) is 23.3. The number of anilines is 1. The fourth-order valence-electron chi connectivity index (χ4n) is 5.61.